The second-order valence-corrected chi connectivity index (χ2v) is 8.61. The largest absolute Gasteiger partial charge is 0.462 e. The lowest BCUT2D eigenvalue weighted by Gasteiger charge is -2.22. The Kier molecular flexibility index (Phi) is 7.42. The van der Waals surface area contributed by atoms with Gasteiger partial charge < -0.3 is 24.3 Å². The second-order valence-electron chi connectivity index (χ2n) is 8.61. The molecule has 4 rings (SSSR count). The summed E-state index contributed by atoms with van der Waals surface area (Å²) in [4.78, 5) is 24.3. The maximum Gasteiger partial charge on any atom is 0.412 e. The Morgan fingerprint density at radius 3 is 2.74 bits per heavy atom. The predicted molar refractivity (Wildman–Crippen MR) is 113 cm³/mol. The van der Waals surface area contributed by atoms with Crippen molar-refractivity contribution < 1.29 is 33.9 Å². The lowest BCUT2D eigenvalue weighted by atomic mass is 9.89. The van der Waals surface area contributed by atoms with Crippen LogP contribution in [0, 0.1) is 5.92 Å². The minimum atomic E-state index is -0.589. The number of ether oxygens (including phenoxy) is 4. The molecule has 2 heterocycles. The molecule has 0 unspecified atom stereocenters. The molecule has 0 bridgehead atoms. The third kappa shape index (κ3) is 5.56. The van der Waals surface area contributed by atoms with Gasteiger partial charge in [0.25, 0.3) is 0 Å². The first kappa shape index (κ1) is 22.0. The van der Waals surface area contributed by atoms with Gasteiger partial charge in [-0.15, -0.1) is 0 Å². The minimum absolute atomic E-state index is 0.0477. The third-order valence-corrected chi connectivity index (χ3v) is 6.42. The average Bonchev–Trinajstić information content (AvgIpc) is 3.36. The van der Waals surface area contributed by atoms with Crippen molar-refractivity contribution in [3.63, 3.8) is 0 Å². The van der Waals surface area contributed by atoms with Crippen LogP contribution in [0.3, 0.4) is 0 Å². The number of carbonyl (C=O) groups is 2. The van der Waals surface area contributed by atoms with Crippen LogP contribution in [0.1, 0.15) is 49.4 Å². The number of benzene rings is 1. The second kappa shape index (κ2) is 10.4. The number of esters is 1. The SMILES string of the molecule is CCOC(=O)c1cccc(NC(=O)O[C@@H]2CO[C@H]3[C@@H]2OC[C@@H]3[NH2+]CC2CCCCC2)c1. The van der Waals surface area contributed by atoms with E-state index in [1.54, 1.807) is 31.2 Å². The van der Waals surface area contributed by atoms with Crippen molar-refractivity contribution in [2.24, 2.45) is 5.92 Å². The molecule has 0 spiro atoms. The molecule has 4 atom stereocenters. The van der Waals surface area contributed by atoms with Crippen LogP contribution >= 0.6 is 0 Å². The van der Waals surface area contributed by atoms with Crippen LogP contribution in [0.15, 0.2) is 24.3 Å². The number of anilines is 1. The van der Waals surface area contributed by atoms with Gasteiger partial charge in [0.2, 0.25) is 0 Å². The summed E-state index contributed by atoms with van der Waals surface area (Å²) >= 11 is 0. The molecule has 1 aromatic carbocycles. The maximum atomic E-state index is 12.4. The normalized spacial score (nSPS) is 28.2. The van der Waals surface area contributed by atoms with Crippen LogP contribution in [-0.2, 0) is 18.9 Å². The van der Waals surface area contributed by atoms with Crippen LogP contribution < -0.4 is 10.6 Å². The van der Waals surface area contributed by atoms with Crippen LogP contribution in [0.25, 0.3) is 0 Å². The zero-order valence-corrected chi connectivity index (χ0v) is 18.1. The highest BCUT2D eigenvalue weighted by Crippen LogP contribution is 2.28. The zero-order chi connectivity index (χ0) is 21.6. The molecule has 170 valence electrons. The third-order valence-electron chi connectivity index (χ3n) is 6.42. The molecule has 3 fully saturated rings. The lowest BCUT2D eigenvalue weighted by molar-refractivity contribution is -0.698. The van der Waals surface area contributed by atoms with Crippen LogP contribution in [0.5, 0.6) is 0 Å². The fourth-order valence-electron chi connectivity index (χ4n) is 4.81. The fraction of sp³-hybridized carbons (Fsp3) is 0.652. The summed E-state index contributed by atoms with van der Waals surface area (Å²) in [5.41, 5.74) is 0.844. The van der Waals surface area contributed by atoms with E-state index in [4.69, 9.17) is 18.9 Å². The molecule has 2 saturated heterocycles. The first-order valence-corrected chi connectivity index (χ1v) is 11.5. The maximum absolute atomic E-state index is 12.4. The van der Waals surface area contributed by atoms with E-state index < -0.39 is 18.2 Å². The predicted octanol–water partition coefficient (Wildman–Crippen LogP) is 2.09. The van der Waals surface area contributed by atoms with E-state index in [-0.39, 0.29) is 18.2 Å². The molecule has 8 heteroatoms. The summed E-state index contributed by atoms with van der Waals surface area (Å²) < 4.78 is 22.5. The Morgan fingerprint density at radius 2 is 1.94 bits per heavy atom. The molecule has 1 saturated carbocycles. The summed E-state index contributed by atoms with van der Waals surface area (Å²) in [6, 6.07) is 6.84. The quantitative estimate of drug-likeness (QED) is 0.639. The van der Waals surface area contributed by atoms with Gasteiger partial charge in [-0.05, 0) is 38.0 Å². The number of hydrogen-bond donors (Lipinski definition) is 2. The number of quaternary nitrogens is 1. The van der Waals surface area contributed by atoms with Gasteiger partial charge in [0, 0.05) is 11.6 Å². The molecule has 0 aromatic heterocycles. The minimum Gasteiger partial charge on any atom is -0.462 e. The van der Waals surface area contributed by atoms with Gasteiger partial charge in [-0.1, -0.05) is 25.3 Å². The highest BCUT2D eigenvalue weighted by atomic mass is 16.6. The van der Waals surface area contributed by atoms with E-state index in [2.05, 4.69) is 10.6 Å². The molecule has 2 aliphatic heterocycles. The Hall–Kier alpha value is -2.16. The lowest BCUT2D eigenvalue weighted by Crippen LogP contribution is -2.93. The Morgan fingerprint density at radius 1 is 1.13 bits per heavy atom. The molecule has 31 heavy (non-hydrogen) atoms. The van der Waals surface area contributed by atoms with Crippen LogP contribution in [-0.4, -0.2) is 62.8 Å². The topological polar surface area (TPSA) is 99.7 Å². The summed E-state index contributed by atoms with van der Waals surface area (Å²) in [6.07, 6.45) is 5.39. The Bertz CT molecular complexity index is 766. The zero-order valence-electron chi connectivity index (χ0n) is 18.1. The van der Waals surface area contributed by atoms with Crippen molar-refractivity contribution in [3.8, 4) is 0 Å². The molecule has 8 nitrogen and oxygen atoms in total. The number of carbonyl (C=O) groups excluding carboxylic acids is 2. The fourth-order valence-corrected chi connectivity index (χ4v) is 4.81. The number of fused-ring (bicyclic) bond motifs is 1. The van der Waals surface area contributed by atoms with Crippen molar-refractivity contribution in [3.05, 3.63) is 29.8 Å². The van der Waals surface area contributed by atoms with E-state index in [0.29, 0.717) is 31.1 Å². The van der Waals surface area contributed by atoms with Gasteiger partial charge in [-0.25, -0.2) is 9.59 Å². The number of rotatable bonds is 7. The number of amides is 1. The summed E-state index contributed by atoms with van der Waals surface area (Å²) in [6.45, 7) is 4.10. The number of hydrogen-bond acceptors (Lipinski definition) is 6. The Balaban J connectivity index is 1.25. The first-order valence-electron chi connectivity index (χ1n) is 11.5. The van der Waals surface area contributed by atoms with Crippen molar-refractivity contribution in [2.45, 2.75) is 63.4 Å². The molecule has 0 radical (unpaired) electrons. The van der Waals surface area contributed by atoms with Crippen molar-refractivity contribution in [1.82, 2.24) is 0 Å². The number of nitrogens with two attached hydrogens (primary N) is 1. The van der Waals surface area contributed by atoms with E-state index in [0.717, 1.165) is 12.5 Å². The Labute approximate surface area is 182 Å². The van der Waals surface area contributed by atoms with Crippen molar-refractivity contribution in [1.29, 1.82) is 0 Å². The number of nitrogens with one attached hydrogen (secondary N) is 1. The monoisotopic (exact) mass is 433 g/mol. The van der Waals surface area contributed by atoms with Gasteiger partial charge in [-0.2, -0.15) is 0 Å². The van der Waals surface area contributed by atoms with Crippen molar-refractivity contribution in [2.75, 3.05) is 31.7 Å². The molecule has 3 N–H and O–H groups in total. The molecule has 1 aromatic rings. The molecule has 3 aliphatic rings. The summed E-state index contributed by atoms with van der Waals surface area (Å²) in [5, 5.41) is 5.04. The summed E-state index contributed by atoms with van der Waals surface area (Å²) in [7, 11) is 0. The average molecular weight is 434 g/mol. The van der Waals surface area contributed by atoms with Crippen LogP contribution in [0.4, 0.5) is 10.5 Å². The molecular weight excluding hydrogens is 400 g/mol. The van der Waals surface area contributed by atoms with E-state index >= 15 is 0 Å². The van der Waals surface area contributed by atoms with E-state index in [1.807, 2.05) is 0 Å². The smallest absolute Gasteiger partial charge is 0.412 e. The van der Waals surface area contributed by atoms with Crippen LogP contribution in [0.2, 0.25) is 0 Å². The molecule has 1 aliphatic carbocycles. The van der Waals surface area contributed by atoms with Crippen molar-refractivity contribution >= 4 is 17.7 Å². The highest BCUT2D eigenvalue weighted by Gasteiger charge is 2.51. The van der Waals surface area contributed by atoms with Gasteiger partial charge in [-0.3, -0.25) is 5.32 Å². The van der Waals surface area contributed by atoms with E-state index in [9.17, 15) is 9.59 Å². The standard InChI is InChI=1S/C23H32N2O6/c1-2-28-22(26)16-9-6-10-17(11-16)25-23(27)31-19-14-30-20-18(13-29-21(19)20)24-12-15-7-4-3-5-8-15/h6,9-11,15,18-21,24H,2-5,7-8,12-14H2,1H3,(H,25,27)/p+1/t18-,19+,20+,21+/m0/s1. The first-order chi connectivity index (χ1) is 15.1. The van der Waals surface area contributed by atoms with Gasteiger partial charge in [0.05, 0.1) is 25.3 Å². The van der Waals surface area contributed by atoms with Gasteiger partial charge >= 0.3 is 12.1 Å². The van der Waals surface area contributed by atoms with E-state index in [1.165, 1.54) is 32.1 Å². The van der Waals surface area contributed by atoms with Gasteiger partial charge in [0.15, 0.2) is 6.10 Å². The summed E-state index contributed by atoms with van der Waals surface area (Å²) in [5.74, 6) is 0.360. The highest BCUT2D eigenvalue weighted by molar-refractivity contribution is 5.92. The molecular formula is C23H33N2O6+. The molecule has 1 amide bonds. The van der Waals surface area contributed by atoms with Gasteiger partial charge in [0.1, 0.15) is 24.9 Å².